The lowest BCUT2D eigenvalue weighted by atomic mass is 10.2. The van der Waals surface area contributed by atoms with E-state index in [-0.39, 0.29) is 17.1 Å². The van der Waals surface area contributed by atoms with Crippen molar-refractivity contribution < 1.29 is 24.0 Å². The first-order chi connectivity index (χ1) is 9.88. The summed E-state index contributed by atoms with van der Waals surface area (Å²) in [6.45, 7) is 0. The van der Waals surface area contributed by atoms with E-state index >= 15 is 0 Å². The molecule has 0 spiro atoms. The van der Waals surface area contributed by atoms with E-state index in [9.17, 15) is 19.7 Å². The maximum atomic E-state index is 11.6. The van der Waals surface area contributed by atoms with Crippen molar-refractivity contribution in [1.29, 1.82) is 0 Å². The molecule has 0 saturated heterocycles. The quantitative estimate of drug-likeness (QED) is 0.261. The molecule has 112 valence electrons. The van der Waals surface area contributed by atoms with Gasteiger partial charge in [0.05, 0.1) is 28.8 Å². The van der Waals surface area contributed by atoms with Crippen LogP contribution in [0.25, 0.3) is 0 Å². The number of anilines is 1. The number of nitrogens with zero attached hydrogens (tertiary/aromatic N) is 1. The van der Waals surface area contributed by atoms with Gasteiger partial charge in [0.1, 0.15) is 5.70 Å². The molecule has 0 atom stereocenters. The summed E-state index contributed by atoms with van der Waals surface area (Å²) >= 11 is 1.82. The zero-order valence-electron chi connectivity index (χ0n) is 11.1. The summed E-state index contributed by atoms with van der Waals surface area (Å²) in [7, 11) is 2.30. The predicted octanol–water partition coefficient (Wildman–Crippen LogP) is 1.84. The number of halogens is 1. The van der Waals surface area contributed by atoms with Gasteiger partial charge in [-0.25, -0.2) is 9.59 Å². The number of benzene rings is 1. The highest BCUT2D eigenvalue weighted by atomic mass is 127. The van der Waals surface area contributed by atoms with Crippen LogP contribution in [0.3, 0.4) is 0 Å². The second kappa shape index (κ2) is 7.57. The number of hydrogen-bond donors (Lipinski definition) is 1. The van der Waals surface area contributed by atoms with E-state index in [4.69, 9.17) is 0 Å². The van der Waals surface area contributed by atoms with Crippen molar-refractivity contribution in [2.45, 2.75) is 0 Å². The third-order valence-electron chi connectivity index (χ3n) is 2.29. The molecule has 21 heavy (non-hydrogen) atoms. The highest BCUT2D eigenvalue weighted by Gasteiger charge is 2.16. The van der Waals surface area contributed by atoms with Crippen molar-refractivity contribution in [3.05, 3.63) is 43.7 Å². The van der Waals surface area contributed by atoms with Gasteiger partial charge in [0, 0.05) is 11.8 Å². The standard InChI is InChI=1S/C12H11IN2O6/c1-20-11(16)6-9(12(17)21-2)14-7-3-4-8(13)10(5-7)15(18)19/h3-6,14H,1-2H3/b9-6+. The van der Waals surface area contributed by atoms with Crippen LogP contribution < -0.4 is 5.32 Å². The molecule has 0 heterocycles. The van der Waals surface area contributed by atoms with E-state index in [1.165, 1.54) is 18.2 Å². The van der Waals surface area contributed by atoms with Crippen LogP contribution in [0.2, 0.25) is 0 Å². The van der Waals surface area contributed by atoms with E-state index in [0.29, 0.717) is 3.57 Å². The minimum atomic E-state index is -0.804. The van der Waals surface area contributed by atoms with Gasteiger partial charge in [-0.1, -0.05) is 0 Å². The Balaban J connectivity index is 3.12. The summed E-state index contributed by atoms with van der Waals surface area (Å²) < 4.78 is 9.38. The normalized spacial score (nSPS) is 10.7. The fourth-order valence-electron chi connectivity index (χ4n) is 1.32. The van der Waals surface area contributed by atoms with E-state index < -0.39 is 16.9 Å². The summed E-state index contributed by atoms with van der Waals surface area (Å²) in [5.41, 5.74) is -0.0505. The van der Waals surface area contributed by atoms with Crippen molar-refractivity contribution >= 4 is 45.9 Å². The van der Waals surface area contributed by atoms with Crippen LogP contribution in [-0.2, 0) is 19.1 Å². The summed E-state index contributed by atoms with van der Waals surface area (Å²) in [6.07, 6.45) is 0.898. The lowest BCUT2D eigenvalue weighted by Gasteiger charge is -2.09. The summed E-state index contributed by atoms with van der Waals surface area (Å²) in [6, 6.07) is 4.28. The monoisotopic (exact) mass is 406 g/mol. The number of rotatable bonds is 5. The maximum absolute atomic E-state index is 11.6. The van der Waals surface area contributed by atoms with Gasteiger partial charge in [0.2, 0.25) is 0 Å². The van der Waals surface area contributed by atoms with Gasteiger partial charge < -0.3 is 14.8 Å². The molecule has 0 radical (unpaired) electrons. The zero-order chi connectivity index (χ0) is 16.0. The molecular weight excluding hydrogens is 395 g/mol. The van der Waals surface area contributed by atoms with Gasteiger partial charge in [-0.15, -0.1) is 0 Å². The molecule has 1 N–H and O–H groups in total. The van der Waals surface area contributed by atoms with Gasteiger partial charge >= 0.3 is 11.9 Å². The van der Waals surface area contributed by atoms with Crippen LogP contribution >= 0.6 is 22.6 Å². The SMILES string of the molecule is COC(=O)/C=C(/Nc1ccc(I)c([N+](=O)[O-])c1)C(=O)OC. The molecule has 1 aromatic carbocycles. The number of carbonyl (C=O) groups is 2. The molecule has 8 nitrogen and oxygen atoms in total. The minimum Gasteiger partial charge on any atom is -0.466 e. The third kappa shape index (κ3) is 4.70. The van der Waals surface area contributed by atoms with Gasteiger partial charge in [0.15, 0.2) is 0 Å². The highest BCUT2D eigenvalue weighted by Crippen LogP contribution is 2.25. The van der Waals surface area contributed by atoms with Crippen molar-refractivity contribution in [2.24, 2.45) is 0 Å². The Morgan fingerprint density at radius 2 is 2.00 bits per heavy atom. The minimum absolute atomic E-state index is 0.122. The van der Waals surface area contributed by atoms with E-state index in [1.54, 1.807) is 0 Å². The molecule has 1 aromatic rings. The Labute approximate surface area is 133 Å². The first-order valence-corrected chi connectivity index (χ1v) is 6.55. The fraction of sp³-hybridized carbons (Fsp3) is 0.167. The topological polar surface area (TPSA) is 108 Å². The molecular formula is C12H11IN2O6. The van der Waals surface area contributed by atoms with Gasteiger partial charge in [-0.2, -0.15) is 0 Å². The summed E-state index contributed by atoms with van der Waals surface area (Å²) in [5.74, 6) is -1.57. The van der Waals surface area contributed by atoms with Crippen molar-refractivity contribution in [3.8, 4) is 0 Å². The number of hydrogen-bond acceptors (Lipinski definition) is 7. The zero-order valence-corrected chi connectivity index (χ0v) is 13.2. The van der Waals surface area contributed by atoms with Crippen LogP contribution in [0.4, 0.5) is 11.4 Å². The van der Waals surface area contributed by atoms with Gasteiger partial charge in [-0.3, -0.25) is 10.1 Å². The second-order valence-corrected chi connectivity index (χ2v) is 4.78. The second-order valence-electron chi connectivity index (χ2n) is 3.62. The molecule has 0 aromatic heterocycles. The maximum Gasteiger partial charge on any atom is 0.354 e. The molecule has 0 amide bonds. The van der Waals surface area contributed by atoms with E-state index in [1.807, 2.05) is 22.6 Å². The number of carbonyl (C=O) groups excluding carboxylic acids is 2. The van der Waals surface area contributed by atoms with Crippen molar-refractivity contribution in [1.82, 2.24) is 0 Å². The molecule has 0 aliphatic heterocycles. The number of esters is 2. The molecule has 0 aliphatic rings. The average Bonchev–Trinajstić information content (AvgIpc) is 2.46. The first-order valence-electron chi connectivity index (χ1n) is 5.48. The summed E-state index contributed by atoms with van der Waals surface area (Å²) in [5, 5.41) is 13.5. The van der Waals surface area contributed by atoms with Crippen LogP contribution in [-0.4, -0.2) is 31.1 Å². The number of methoxy groups -OCH3 is 2. The van der Waals surface area contributed by atoms with Crippen LogP contribution in [0.15, 0.2) is 30.0 Å². The smallest absolute Gasteiger partial charge is 0.354 e. The van der Waals surface area contributed by atoms with Crippen LogP contribution in [0.5, 0.6) is 0 Å². The lowest BCUT2D eigenvalue weighted by Crippen LogP contribution is -2.15. The molecule has 0 unspecified atom stereocenters. The lowest BCUT2D eigenvalue weighted by molar-refractivity contribution is -0.385. The predicted molar refractivity (Wildman–Crippen MR) is 81.6 cm³/mol. The molecule has 0 fully saturated rings. The number of nitrogens with one attached hydrogen (secondary N) is 1. The third-order valence-corrected chi connectivity index (χ3v) is 3.20. The molecule has 9 heteroatoms. The average molecular weight is 406 g/mol. The molecule has 1 rings (SSSR count). The van der Waals surface area contributed by atoms with Gasteiger partial charge in [-0.05, 0) is 34.7 Å². The van der Waals surface area contributed by atoms with Crippen LogP contribution in [0, 0.1) is 13.7 Å². The van der Waals surface area contributed by atoms with E-state index in [0.717, 1.165) is 20.3 Å². The Hall–Kier alpha value is -2.17. The molecule has 0 aliphatic carbocycles. The van der Waals surface area contributed by atoms with Crippen molar-refractivity contribution in [2.75, 3.05) is 19.5 Å². The number of nitro groups is 1. The first kappa shape index (κ1) is 16.9. The number of ether oxygens (including phenoxy) is 2. The Kier molecular flexibility index (Phi) is 6.09. The van der Waals surface area contributed by atoms with Crippen molar-refractivity contribution in [3.63, 3.8) is 0 Å². The Morgan fingerprint density at radius 3 is 2.52 bits per heavy atom. The summed E-state index contributed by atoms with van der Waals surface area (Å²) in [4.78, 5) is 33.1. The number of nitro benzene ring substituents is 1. The van der Waals surface area contributed by atoms with Crippen LogP contribution in [0.1, 0.15) is 0 Å². The Morgan fingerprint density at radius 1 is 1.33 bits per heavy atom. The Bertz CT molecular complexity index is 614. The van der Waals surface area contributed by atoms with Gasteiger partial charge in [0.25, 0.3) is 5.69 Å². The molecule has 0 saturated carbocycles. The highest BCUT2D eigenvalue weighted by molar-refractivity contribution is 14.1. The largest absolute Gasteiger partial charge is 0.466 e. The molecule has 0 bridgehead atoms. The van der Waals surface area contributed by atoms with E-state index in [2.05, 4.69) is 14.8 Å². The fourth-order valence-corrected chi connectivity index (χ4v) is 1.85.